The van der Waals surface area contributed by atoms with E-state index in [1.807, 2.05) is 13.0 Å². The van der Waals surface area contributed by atoms with E-state index in [-0.39, 0.29) is 12.3 Å². The molecule has 2 aromatic rings. The van der Waals surface area contributed by atoms with Crippen LogP contribution in [0.4, 0.5) is 4.39 Å². The van der Waals surface area contributed by atoms with Gasteiger partial charge in [-0.25, -0.2) is 4.39 Å². The zero-order valence-corrected chi connectivity index (χ0v) is 11.4. The molecule has 0 spiro atoms. The largest absolute Gasteiger partial charge is 0.478 e. The van der Waals surface area contributed by atoms with Crippen LogP contribution >= 0.6 is 15.9 Å². The number of halogens is 2. The van der Waals surface area contributed by atoms with E-state index in [0.29, 0.717) is 5.76 Å². The van der Waals surface area contributed by atoms with E-state index >= 15 is 0 Å². The molecule has 3 nitrogen and oxygen atoms in total. The number of hydrogen-bond acceptors (Lipinski definition) is 3. The highest BCUT2D eigenvalue weighted by Crippen LogP contribution is 2.27. The molecule has 0 saturated heterocycles. The maximum atomic E-state index is 13.6. The number of nitrogens with two attached hydrogens (primary N) is 1. The molecule has 0 aliphatic rings. The van der Waals surface area contributed by atoms with E-state index < -0.39 is 11.9 Å². The van der Waals surface area contributed by atoms with Gasteiger partial charge in [0.2, 0.25) is 0 Å². The monoisotopic (exact) mass is 313 g/mol. The molecule has 96 valence electrons. The van der Waals surface area contributed by atoms with Crippen LogP contribution in [0.25, 0.3) is 0 Å². The Morgan fingerprint density at radius 2 is 2.17 bits per heavy atom. The Bertz CT molecular complexity index is 542. The molecule has 0 amide bonds. The molecule has 0 aliphatic carbocycles. The molecule has 1 unspecified atom stereocenters. The predicted molar refractivity (Wildman–Crippen MR) is 70.0 cm³/mol. The van der Waals surface area contributed by atoms with Crippen LogP contribution in [0.2, 0.25) is 0 Å². The van der Waals surface area contributed by atoms with Crippen molar-refractivity contribution in [3.8, 4) is 5.75 Å². The highest BCUT2D eigenvalue weighted by molar-refractivity contribution is 9.10. The minimum Gasteiger partial charge on any atom is -0.478 e. The Balaban J connectivity index is 2.22. The smallest absolute Gasteiger partial charge is 0.168 e. The van der Waals surface area contributed by atoms with Gasteiger partial charge < -0.3 is 14.9 Å². The van der Waals surface area contributed by atoms with Gasteiger partial charge in [-0.3, -0.25) is 0 Å². The van der Waals surface area contributed by atoms with Crippen LogP contribution in [0.1, 0.15) is 17.6 Å². The van der Waals surface area contributed by atoms with Crippen molar-refractivity contribution in [3.05, 3.63) is 52.1 Å². The minimum absolute atomic E-state index is 0.147. The molecule has 2 N–H and O–H groups in total. The minimum atomic E-state index is -0.498. The molecule has 18 heavy (non-hydrogen) atoms. The topological polar surface area (TPSA) is 48.4 Å². The number of aryl methyl sites for hydroxylation is 1. The molecule has 0 bridgehead atoms. The number of benzene rings is 1. The summed E-state index contributed by atoms with van der Waals surface area (Å²) in [5.41, 5.74) is 5.63. The SMILES string of the molecule is Cc1ccc(C(CN)Oc2cc(Br)ccc2F)o1. The quantitative estimate of drug-likeness (QED) is 0.938. The van der Waals surface area contributed by atoms with Crippen LogP contribution in [0.3, 0.4) is 0 Å². The van der Waals surface area contributed by atoms with E-state index in [1.165, 1.54) is 6.07 Å². The molecule has 0 aliphatic heterocycles. The molecule has 0 radical (unpaired) electrons. The van der Waals surface area contributed by atoms with Crippen LogP contribution in [0.5, 0.6) is 5.75 Å². The summed E-state index contributed by atoms with van der Waals surface area (Å²) >= 11 is 3.27. The second kappa shape index (κ2) is 5.54. The first-order valence-electron chi connectivity index (χ1n) is 5.48. The van der Waals surface area contributed by atoms with Gasteiger partial charge in [0.05, 0.1) is 0 Å². The summed E-state index contributed by atoms with van der Waals surface area (Å²) in [5.74, 6) is 1.07. The normalized spacial score (nSPS) is 12.4. The molecule has 1 aromatic heterocycles. The summed E-state index contributed by atoms with van der Waals surface area (Å²) in [6.45, 7) is 2.04. The lowest BCUT2D eigenvalue weighted by Crippen LogP contribution is -2.18. The predicted octanol–water partition coefficient (Wildman–Crippen LogP) is 3.57. The van der Waals surface area contributed by atoms with Crippen molar-refractivity contribution in [3.63, 3.8) is 0 Å². The first-order chi connectivity index (χ1) is 8.60. The van der Waals surface area contributed by atoms with Crippen LogP contribution in [0.15, 0.2) is 39.2 Å². The number of hydrogen-bond donors (Lipinski definition) is 1. The molecule has 2 rings (SSSR count). The standard InChI is InChI=1S/C13H13BrFNO2/c1-8-2-5-11(17-8)13(7-16)18-12-6-9(14)3-4-10(12)15/h2-6,13H,7,16H2,1H3. The van der Waals surface area contributed by atoms with Gasteiger partial charge in [0.1, 0.15) is 11.5 Å². The van der Waals surface area contributed by atoms with Crippen molar-refractivity contribution >= 4 is 15.9 Å². The number of ether oxygens (including phenoxy) is 1. The van der Waals surface area contributed by atoms with Crippen LogP contribution in [-0.4, -0.2) is 6.54 Å². The lowest BCUT2D eigenvalue weighted by Gasteiger charge is -2.16. The van der Waals surface area contributed by atoms with E-state index in [9.17, 15) is 4.39 Å². The van der Waals surface area contributed by atoms with Gasteiger partial charge in [-0.2, -0.15) is 0 Å². The first kappa shape index (κ1) is 13.1. The zero-order chi connectivity index (χ0) is 13.1. The average molecular weight is 314 g/mol. The van der Waals surface area contributed by atoms with Crippen LogP contribution in [-0.2, 0) is 0 Å². The Morgan fingerprint density at radius 3 is 2.78 bits per heavy atom. The zero-order valence-electron chi connectivity index (χ0n) is 9.82. The molecule has 1 atom stereocenters. The van der Waals surface area contributed by atoms with Crippen molar-refractivity contribution in [1.29, 1.82) is 0 Å². The van der Waals surface area contributed by atoms with Gasteiger partial charge in [-0.15, -0.1) is 0 Å². The summed E-state index contributed by atoms with van der Waals surface area (Å²) in [7, 11) is 0. The highest BCUT2D eigenvalue weighted by atomic mass is 79.9. The second-order valence-electron chi connectivity index (χ2n) is 3.87. The molecular formula is C13H13BrFNO2. The lowest BCUT2D eigenvalue weighted by molar-refractivity contribution is 0.175. The molecule has 0 fully saturated rings. The van der Waals surface area contributed by atoms with E-state index in [0.717, 1.165) is 10.2 Å². The van der Waals surface area contributed by atoms with Crippen molar-refractivity contribution in [2.75, 3.05) is 6.54 Å². The Hall–Kier alpha value is -1.33. The van der Waals surface area contributed by atoms with Gasteiger partial charge in [-0.05, 0) is 37.3 Å². The Morgan fingerprint density at radius 1 is 1.39 bits per heavy atom. The van der Waals surface area contributed by atoms with E-state index in [4.69, 9.17) is 14.9 Å². The fourth-order valence-corrected chi connectivity index (χ4v) is 1.91. The Kier molecular flexibility index (Phi) is 4.04. The maximum Gasteiger partial charge on any atom is 0.168 e. The summed E-state index contributed by atoms with van der Waals surface area (Å²) in [6.07, 6.45) is -0.498. The number of furan rings is 1. The fourth-order valence-electron chi connectivity index (χ4n) is 1.57. The molecule has 1 heterocycles. The van der Waals surface area contributed by atoms with Gasteiger partial charge in [0, 0.05) is 11.0 Å². The summed E-state index contributed by atoms with van der Waals surface area (Å²) in [6, 6.07) is 8.10. The Labute approximate surface area is 113 Å². The van der Waals surface area contributed by atoms with Gasteiger partial charge in [-0.1, -0.05) is 15.9 Å². The maximum absolute atomic E-state index is 13.6. The van der Waals surface area contributed by atoms with Crippen molar-refractivity contribution in [2.24, 2.45) is 5.73 Å². The molecular weight excluding hydrogens is 301 g/mol. The average Bonchev–Trinajstić information content (AvgIpc) is 2.77. The van der Waals surface area contributed by atoms with Crippen molar-refractivity contribution in [1.82, 2.24) is 0 Å². The van der Waals surface area contributed by atoms with Gasteiger partial charge in [0.15, 0.2) is 17.7 Å². The highest BCUT2D eigenvalue weighted by Gasteiger charge is 2.17. The van der Waals surface area contributed by atoms with E-state index in [2.05, 4.69) is 15.9 Å². The summed E-state index contributed by atoms with van der Waals surface area (Å²) < 4.78 is 25.3. The summed E-state index contributed by atoms with van der Waals surface area (Å²) in [5, 5.41) is 0. The van der Waals surface area contributed by atoms with Crippen molar-refractivity contribution in [2.45, 2.75) is 13.0 Å². The third-order valence-electron chi connectivity index (χ3n) is 2.46. The third-order valence-corrected chi connectivity index (χ3v) is 2.95. The van der Waals surface area contributed by atoms with Crippen molar-refractivity contribution < 1.29 is 13.5 Å². The van der Waals surface area contributed by atoms with Gasteiger partial charge in [0.25, 0.3) is 0 Å². The molecule has 1 aromatic carbocycles. The molecule has 5 heteroatoms. The van der Waals surface area contributed by atoms with E-state index in [1.54, 1.807) is 18.2 Å². The van der Waals surface area contributed by atoms with Gasteiger partial charge >= 0.3 is 0 Å². The van der Waals surface area contributed by atoms with Crippen LogP contribution < -0.4 is 10.5 Å². The lowest BCUT2D eigenvalue weighted by atomic mass is 10.2. The second-order valence-corrected chi connectivity index (χ2v) is 4.78. The summed E-state index contributed by atoms with van der Waals surface area (Å²) in [4.78, 5) is 0. The molecule has 0 saturated carbocycles. The van der Waals surface area contributed by atoms with Crippen LogP contribution in [0, 0.1) is 12.7 Å². The number of rotatable bonds is 4. The third kappa shape index (κ3) is 2.91. The first-order valence-corrected chi connectivity index (χ1v) is 6.27. The fraction of sp³-hybridized carbons (Fsp3) is 0.231.